The third-order valence-electron chi connectivity index (χ3n) is 2.23. The zero-order valence-electron chi connectivity index (χ0n) is 7.64. The van der Waals surface area contributed by atoms with Crippen LogP contribution in [0.1, 0.15) is 25.2 Å². The number of hydrogen-bond donors (Lipinski definition) is 0. The van der Waals surface area contributed by atoms with Gasteiger partial charge in [-0.1, -0.05) is 5.16 Å². The van der Waals surface area contributed by atoms with Crippen LogP contribution < -0.4 is 0 Å². The van der Waals surface area contributed by atoms with E-state index in [0.717, 1.165) is 0 Å². The predicted octanol–water partition coefficient (Wildman–Crippen LogP) is -0.0680. The lowest BCUT2D eigenvalue weighted by Gasteiger charge is -2.19. The lowest BCUT2D eigenvalue weighted by atomic mass is 10.3. The highest BCUT2D eigenvalue weighted by Gasteiger charge is 2.33. The second-order valence-electron chi connectivity index (χ2n) is 3.20. The maximum atomic E-state index is 11.3. The van der Waals surface area contributed by atoms with Crippen molar-refractivity contribution in [1.29, 1.82) is 0 Å². The molecule has 6 heteroatoms. The SMILES string of the molecule is CC(c1ncon1)N1CC(=O)CC1=O. The molecule has 0 spiro atoms. The van der Waals surface area contributed by atoms with E-state index in [1.165, 1.54) is 11.3 Å². The molecule has 2 rings (SSSR count). The van der Waals surface area contributed by atoms with E-state index in [9.17, 15) is 9.59 Å². The number of ketones is 1. The van der Waals surface area contributed by atoms with Crippen LogP contribution in [0, 0.1) is 0 Å². The van der Waals surface area contributed by atoms with Crippen molar-refractivity contribution in [2.75, 3.05) is 6.54 Å². The molecule has 74 valence electrons. The van der Waals surface area contributed by atoms with Gasteiger partial charge in [-0.25, -0.2) is 0 Å². The van der Waals surface area contributed by atoms with Crippen molar-refractivity contribution in [1.82, 2.24) is 15.0 Å². The minimum Gasteiger partial charge on any atom is -0.343 e. The average molecular weight is 195 g/mol. The van der Waals surface area contributed by atoms with E-state index in [-0.39, 0.29) is 30.7 Å². The molecule has 0 radical (unpaired) electrons. The van der Waals surface area contributed by atoms with E-state index >= 15 is 0 Å². The molecular formula is C8H9N3O3. The zero-order valence-corrected chi connectivity index (χ0v) is 7.64. The van der Waals surface area contributed by atoms with Gasteiger partial charge in [0.2, 0.25) is 12.3 Å². The standard InChI is InChI=1S/C8H9N3O3/c1-5(8-9-4-14-10-8)11-3-6(12)2-7(11)13/h4-5H,2-3H2,1H3. The molecule has 1 amide bonds. The van der Waals surface area contributed by atoms with Crippen LogP contribution in [0.3, 0.4) is 0 Å². The highest BCUT2D eigenvalue weighted by Crippen LogP contribution is 2.21. The summed E-state index contributed by atoms with van der Waals surface area (Å²) < 4.78 is 4.57. The number of Topliss-reactive ketones (excluding diaryl/α,β-unsaturated/α-hetero) is 1. The maximum Gasteiger partial charge on any atom is 0.231 e. The molecule has 0 N–H and O–H groups in total. The van der Waals surface area contributed by atoms with Gasteiger partial charge in [0, 0.05) is 0 Å². The molecule has 1 atom stereocenters. The van der Waals surface area contributed by atoms with Gasteiger partial charge >= 0.3 is 0 Å². The van der Waals surface area contributed by atoms with Crippen molar-refractivity contribution in [3.63, 3.8) is 0 Å². The van der Waals surface area contributed by atoms with Crippen molar-refractivity contribution in [2.24, 2.45) is 0 Å². The number of aromatic nitrogens is 2. The molecule has 1 saturated heterocycles. The summed E-state index contributed by atoms with van der Waals surface area (Å²) in [4.78, 5) is 27.6. The average Bonchev–Trinajstić information content (AvgIpc) is 2.73. The van der Waals surface area contributed by atoms with Gasteiger partial charge < -0.3 is 9.42 Å². The minimum atomic E-state index is -0.298. The molecule has 1 aromatic rings. The summed E-state index contributed by atoms with van der Waals surface area (Å²) in [5, 5.41) is 3.63. The van der Waals surface area contributed by atoms with Gasteiger partial charge in [-0.3, -0.25) is 9.59 Å². The number of carbonyl (C=O) groups is 2. The Hall–Kier alpha value is -1.72. The van der Waals surface area contributed by atoms with Crippen LogP contribution in [0.25, 0.3) is 0 Å². The van der Waals surface area contributed by atoms with Crippen LogP contribution in [-0.2, 0) is 9.59 Å². The quantitative estimate of drug-likeness (QED) is 0.617. The Kier molecular flexibility index (Phi) is 2.03. The molecule has 1 aliphatic heterocycles. The lowest BCUT2D eigenvalue weighted by Crippen LogP contribution is -2.29. The number of amides is 1. The van der Waals surface area contributed by atoms with E-state index < -0.39 is 0 Å². The highest BCUT2D eigenvalue weighted by atomic mass is 16.5. The number of carbonyl (C=O) groups excluding carboxylic acids is 2. The van der Waals surface area contributed by atoms with Gasteiger partial charge in [0.15, 0.2) is 11.6 Å². The molecule has 0 saturated carbocycles. The second-order valence-corrected chi connectivity index (χ2v) is 3.20. The third-order valence-corrected chi connectivity index (χ3v) is 2.23. The number of hydrogen-bond acceptors (Lipinski definition) is 5. The number of rotatable bonds is 2. The molecule has 0 bridgehead atoms. The van der Waals surface area contributed by atoms with Crippen LogP contribution in [0.5, 0.6) is 0 Å². The van der Waals surface area contributed by atoms with Gasteiger partial charge in [0.25, 0.3) is 0 Å². The third kappa shape index (κ3) is 1.39. The topological polar surface area (TPSA) is 76.3 Å². The van der Waals surface area contributed by atoms with E-state index in [1.54, 1.807) is 6.92 Å². The zero-order chi connectivity index (χ0) is 10.1. The van der Waals surface area contributed by atoms with Crippen molar-refractivity contribution in [3.8, 4) is 0 Å². The molecule has 14 heavy (non-hydrogen) atoms. The van der Waals surface area contributed by atoms with E-state index in [1.807, 2.05) is 0 Å². The summed E-state index contributed by atoms with van der Waals surface area (Å²) in [5.74, 6) is 0.186. The first-order valence-electron chi connectivity index (χ1n) is 4.26. The molecular weight excluding hydrogens is 186 g/mol. The van der Waals surface area contributed by atoms with Gasteiger partial charge in [-0.05, 0) is 6.92 Å². The molecule has 2 heterocycles. The first-order chi connectivity index (χ1) is 6.68. The summed E-state index contributed by atoms with van der Waals surface area (Å²) in [5.41, 5.74) is 0. The molecule has 0 aromatic carbocycles. The van der Waals surface area contributed by atoms with E-state index in [4.69, 9.17) is 0 Å². The van der Waals surface area contributed by atoms with Crippen molar-refractivity contribution in [3.05, 3.63) is 12.2 Å². The number of nitrogens with zero attached hydrogens (tertiary/aromatic N) is 3. The summed E-state index contributed by atoms with van der Waals surface area (Å²) in [6.45, 7) is 1.91. The fraction of sp³-hybridized carbons (Fsp3) is 0.500. The highest BCUT2D eigenvalue weighted by molar-refractivity contribution is 6.05. The molecule has 1 fully saturated rings. The summed E-state index contributed by atoms with van der Waals surface area (Å²) >= 11 is 0. The largest absolute Gasteiger partial charge is 0.343 e. The van der Waals surface area contributed by atoms with Crippen molar-refractivity contribution >= 4 is 11.7 Å². The number of likely N-dealkylation sites (tertiary alicyclic amines) is 1. The first-order valence-corrected chi connectivity index (χ1v) is 4.26. The van der Waals surface area contributed by atoms with E-state index in [2.05, 4.69) is 14.7 Å². The van der Waals surface area contributed by atoms with E-state index in [0.29, 0.717) is 5.82 Å². The monoisotopic (exact) mass is 195 g/mol. The molecule has 1 aliphatic rings. The van der Waals surface area contributed by atoms with Crippen LogP contribution in [-0.4, -0.2) is 33.3 Å². The lowest BCUT2D eigenvalue weighted by molar-refractivity contribution is -0.129. The normalized spacial score (nSPS) is 19.1. The van der Waals surface area contributed by atoms with Crippen LogP contribution >= 0.6 is 0 Å². The smallest absolute Gasteiger partial charge is 0.231 e. The van der Waals surface area contributed by atoms with Crippen molar-refractivity contribution < 1.29 is 14.1 Å². The Morgan fingerprint density at radius 3 is 2.86 bits per heavy atom. The second kappa shape index (κ2) is 3.21. The van der Waals surface area contributed by atoms with Gasteiger partial charge in [-0.15, -0.1) is 0 Å². The maximum absolute atomic E-state index is 11.3. The van der Waals surface area contributed by atoms with Crippen LogP contribution in [0.15, 0.2) is 10.9 Å². The Morgan fingerprint density at radius 2 is 2.36 bits per heavy atom. The molecule has 0 aliphatic carbocycles. The fourth-order valence-corrected chi connectivity index (χ4v) is 1.46. The minimum absolute atomic E-state index is 0.0117. The molecule has 1 aromatic heterocycles. The molecule has 1 unspecified atom stereocenters. The van der Waals surface area contributed by atoms with Gasteiger partial charge in [0.1, 0.15) is 0 Å². The summed E-state index contributed by atoms with van der Waals surface area (Å²) in [6, 6.07) is -0.298. The van der Waals surface area contributed by atoms with Crippen LogP contribution in [0.4, 0.5) is 0 Å². The first kappa shape index (κ1) is 8.86. The summed E-state index contributed by atoms with van der Waals surface area (Å²) in [6.07, 6.45) is 1.19. The van der Waals surface area contributed by atoms with Gasteiger partial charge in [0.05, 0.1) is 19.0 Å². The fourth-order valence-electron chi connectivity index (χ4n) is 1.46. The summed E-state index contributed by atoms with van der Waals surface area (Å²) in [7, 11) is 0. The molecule has 6 nitrogen and oxygen atoms in total. The predicted molar refractivity (Wildman–Crippen MR) is 44.1 cm³/mol. The Labute approximate surface area is 79.9 Å². The van der Waals surface area contributed by atoms with Crippen LogP contribution in [0.2, 0.25) is 0 Å². The Balaban J connectivity index is 2.16. The van der Waals surface area contributed by atoms with Crippen molar-refractivity contribution in [2.45, 2.75) is 19.4 Å². The Bertz CT molecular complexity index is 360. The van der Waals surface area contributed by atoms with Gasteiger partial charge in [-0.2, -0.15) is 4.98 Å². The Morgan fingerprint density at radius 1 is 1.57 bits per heavy atom.